The highest BCUT2D eigenvalue weighted by molar-refractivity contribution is 5.86. The molecule has 0 saturated carbocycles. The molecule has 0 bridgehead atoms. The first-order valence-electron chi connectivity index (χ1n) is 10.3. The molecule has 0 spiro atoms. The van der Waals surface area contributed by atoms with E-state index in [0.717, 1.165) is 0 Å². The summed E-state index contributed by atoms with van der Waals surface area (Å²) in [5.41, 5.74) is 12.0. The maximum atomic E-state index is 2.40. The summed E-state index contributed by atoms with van der Waals surface area (Å²) in [5.74, 6) is 0.239. The summed E-state index contributed by atoms with van der Waals surface area (Å²) >= 11 is 0. The van der Waals surface area contributed by atoms with Crippen molar-refractivity contribution in [2.75, 3.05) is 4.90 Å². The number of hydrogen-bond donors (Lipinski definition) is 0. The lowest BCUT2D eigenvalue weighted by Gasteiger charge is -2.39. The lowest BCUT2D eigenvalue weighted by molar-refractivity contribution is 0.915. The average molecular weight is 376 g/mol. The van der Waals surface area contributed by atoms with Gasteiger partial charge in [-0.2, -0.15) is 0 Å². The summed E-state index contributed by atoms with van der Waals surface area (Å²) < 4.78 is 0. The van der Waals surface area contributed by atoms with Crippen molar-refractivity contribution in [3.63, 3.8) is 0 Å². The number of rotatable bonds is 2. The van der Waals surface area contributed by atoms with Gasteiger partial charge in [-0.25, -0.2) is 0 Å². The zero-order valence-corrected chi connectivity index (χ0v) is 17.2. The van der Waals surface area contributed by atoms with Crippen LogP contribution in [-0.2, 0) is 0 Å². The molecule has 0 radical (unpaired) electrons. The normalized spacial score (nSPS) is 13.1. The molecule has 1 heteroatoms. The van der Waals surface area contributed by atoms with E-state index in [1.165, 1.54) is 50.4 Å². The molecule has 142 valence electrons. The van der Waals surface area contributed by atoms with Crippen molar-refractivity contribution in [2.24, 2.45) is 0 Å². The molecule has 0 N–H and O–H groups in total. The van der Waals surface area contributed by atoms with Gasteiger partial charge in [0.15, 0.2) is 0 Å². The van der Waals surface area contributed by atoms with Gasteiger partial charge in [0, 0.05) is 11.6 Å². The van der Waals surface area contributed by atoms with E-state index in [1.807, 2.05) is 0 Å². The van der Waals surface area contributed by atoms with Crippen LogP contribution < -0.4 is 4.90 Å². The molecule has 0 aromatic heterocycles. The number of para-hydroxylation sites is 3. The summed E-state index contributed by atoms with van der Waals surface area (Å²) in [6.07, 6.45) is 0. The fourth-order valence-corrected chi connectivity index (χ4v) is 4.98. The van der Waals surface area contributed by atoms with E-state index < -0.39 is 0 Å². The topological polar surface area (TPSA) is 3.24 Å². The second-order valence-electron chi connectivity index (χ2n) is 8.03. The first-order valence-corrected chi connectivity index (χ1v) is 10.3. The first kappa shape index (κ1) is 17.8. The van der Waals surface area contributed by atoms with E-state index in [4.69, 9.17) is 0 Å². The van der Waals surface area contributed by atoms with Crippen molar-refractivity contribution < 1.29 is 0 Å². The number of fused-ring (bicyclic) bond motifs is 2. The maximum absolute atomic E-state index is 2.40. The monoisotopic (exact) mass is 375 g/mol. The minimum Gasteiger partial charge on any atom is -0.310 e. The second-order valence-corrected chi connectivity index (χ2v) is 8.03. The van der Waals surface area contributed by atoms with Crippen molar-refractivity contribution in [1.29, 1.82) is 0 Å². The van der Waals surface area contributed by atoms with E-state index in [2.05, 4.69) is 117 Å². The lowest BCUT2D eigenvalue weighted by Crippen LogP contribution is -2.23. The van der Waals surface area contributed by atoms with E-state index in [0.29, 0.717) is 0 Å². The predicted octanol–water partition coefficient (Wildman–Crippen LogP) is 7.58. The molecule has 0 unspecified atom stereocenters. The molecule has 29 heavy (non-hydrogen) atoms. The summed E-state index contributed by atoms with van der Waals surface area (Å²) in [6, 6.07) is 33.0. The van der Waals surface area contributed by atoms with Crippen molar-refractivity contribution in [2.45, 2.75) is 26.7 Å². The Kier molecular flexibility index (Phi) is 4.24. The number of hydrogen-bond acceptors (Lipinski definition) is 1. The van der Waals surface area contributed by atoms with Crippen LogP contribution in [0.25, 0.3) is 0 Å². The van der Waals surface area contributed by atoms with Gasteiger partial charge in [0.25, 0.3) is 0 Å². The van der Waals surface area contributed by atoms with Crippen LogP contribution in [0, 0.1) is 20.8 Å². The van der Waals surface area contributed by atoms with Gasteiger partial charge in [0.05, 0.1) is 11.4 Å². The van der Waals surface area contributed by atoms with Gasteiger partial charge in [0.1, 0.15) is 0 Å². The Bertz CT molecular complexity index is 1120. The zero-order chi connectivity index (χ0) is 20.0. The predicted molar refractivity (Wildman–Crippen MR) is 123 cm³/mol. The highest BCUT2D eigenvalue weighted by Gasteiger charge is 2.33. The van der Waals surface area contributed by atoms with Crippen LogP contribution >= 0.6 is 0 Å². The smallest absolute Gasteiger partial charge is 0.0503 e. The molecular formula is C28H25N. The Balaban J connectivity index is 1.83. The van der Waals surface area contributed by atoms with E-state index in [-0.39, 0.29) is 5.92 Å². The summed E-state index contributed by atoms with van der Waals surface area (Å²) in [5, 5.41) is 0. The van der Waals surface area contributed by atoms with E-state index in [1.54, 1.807) is 0 Å². The molecule has 1 aliphatic heterocycles. The van der Waals surface area contributed by atoms with Crippen LogP contribution in [0.2, 0.25) is 0 Å². The summed E-state index contributed by atoms with van der Waals surface area (Å²) in [7, 11) is 0. The lowest BCUT2D eigenvalue weighted by atomic mass is 9.76. The molecule has 5 rings (SSSR count). The van der Waals surface area contributed by atoms with Crippen LogP contribution in [0.5, 0.6) is 0 Å². The molecule has 1 heterocycles. The average Bonchev–Trinajstić information content (AvgIpc) is 2.73. The Morgan fingerprint density at radius 1 is 0.586 bits per heavy atom. The van der Waals surface area contributed by atoms with Crippen LogP contribution in [0.15, 0.2) is 91.0 Å². The van der Waals surface area contributed by atoms with Crippen LogP contribution in [0.4, 0.5) is 17.1 Å². The zero-order valence-electron chi connectivity index (χ0n) is 17.2. The first-order chi connectivity index (χ1) is 14.1. The fraction of sp³-hybridized carbons (Fsp3) is 0.143. The van der Waals surface area contributed by atoms with Crippen molar-refractivity contribution >= 4 is 17.1 Å². The Hall–Kier alpha value is -3.32. The third-order valence-corrected chi connectivity index (χ3v) is 6.02. The number of anilines is 3. The van der Waals surface area contributed by atoms with Gasteiger partial charge in [-0.1, -0.05) is 72.3 Å². The third kappa shape index (κ3) is 2.86. The molecule has 1 nitrogen and oxygen atoms in total. The van der Waals surface area contributed by atoms with Crippen LogP contribution in [0.1, 0.15) is 39.3 Å². The van der Waals surface area contributed by atoms with Gasteiger partial charge < -0.3 is 4.90 Å². The molecule has 4 aromatic rings. The second kappa shape index (κ2) is 6.93. The van der Waals surface area contributed by atoms with Gasteiger partial charge in [-0.3, -0.25) is 0 Å². The minimum atomic E-state index is 0.239. The Morgan fingerprint density at radius 3 is 1.62 bits per heavy atom. The van der Waals surface area contributed by atoms with Gasteiger partial charge >= 0.3 is 0 Å². The molecule has 0 saturated heterocycles. The Morgan fingerprint density at radius 2 is 1.07 bits per heavy atom. The van der Waals surface area contributed by atoms with Gasteiger partial charge in [0.2, 0.25) is 0 Å². The molecule has 1 aliphatic rings. The largest absolute Gasteiger partial charge is 0.310 e. The molecule has 0 amide bonds. The standard InChI is InChI=1S/C28H25N/c1-19-17-20(2)27(21(3)18-19)28-23-13-7-9-15-25(23)29(22-11-5-4-6-12-22)26-16-10-8-14-24(26)28/h4-18,28H,1-3H3. The minimum absolute atomic E-state index is 0.239. The number of nitrogens with zero attached hydrogens (tertiary/aromatic N) is 1. The summed E-state index contributed by atoms with van der Waals surface area (Å²) in [6.45, 7) is 6.69. The van der Waals surface area contributed by atoms with Crippen molar-refractivity contribution in [1.82, 2.24) is 0 Å². The number of aryl methyl sites for hydroxylation is 3. The summed E-state index contributed by atoms with van der Waals surface area (Å²) in [4.78, 5) is 2.40. The molecule has 0 fully saturated rings. The molecular weight excluding hydrogens is 350 g/mol. The quantitative estimate of drug-likeness (QED) is 0.307. The highest BCUT2D eigenvalue weighted by atomic mass is 15.2. The highest BCUT2D eigenvalue weighted by Crippen LogP contribution is 2.52. The molecule has 4 aromatic carbocycles. The Labute approximate surface area is 173 Å². The van der Waals surface area contributed by atoms with Crippen LogP contribution in [0.3, 0.4) is 0 Å². The van der Waals surface area contributed by atoms with Crippen molar-refractivity contribution in [3.05, 3.63) is 124 Å². The SMILES string of the molecule is Cc1cc(C)c(C2c3ccccc3N(c3ccccc3)c3ccccc32)c(C)c1. The van der Waals surface area contributed by atoms with Crippen molar-refractivity contribution in [3.8, 4) is 0 Å². The van der Waals surface area contributed by atoms with E-state index >= 15 is 0 Å². The third-order valence-electron chi connectivity index (χ3n) is 6.02. The fourth-order valence-electron chi connectivity index (χ4n) is 4.98. The molecule has 0 atom stereocenters. The maximum Gasteiger partial charge on any atom is 0.0503 e. The number of benzene rings is 4. The van der Waals surface area contributed by atoms with Gasteiger partial charge in [-0.05, 0) is 72.9 Å². The molecule has 0 aliphatic carbocycles. The van der Waals surface area contributed by atoms with Gasteiger partial charge in [-0.15, -0.1) is 0 Å². The van der Waals surface area contributed by atoms with Crippen LogP contribution in [-0.4, -0.2) is 0 Å². The van der Waals surface area contributed by atoms with E-state index in [9.17, 15) is 0 Å².